The predicted octanol–water partition coefficient (Wildman–Crippen LogP) is 5.99. The van der Waals surface area contributed by atoms with Crippen molar-refractivity contribution in [1.82, 2.24) is 0 Å². The van der Waals surface area contributed by atoms with Gasteiger partial charge in [0.05, 0.1) is 12.2 Å². The highest BCUT2D eigenvalue weighted by atomic mass is 16.5. The maximum Gasteiger partial charge on any atom is 0.0585 e. The maximum atomic E-state index is 6.02. The smallest absolute Gasteiger partial charge is 0.0585 e. The second-order valence-corrected chi connectivity index (χ2v) is 5.85. The molecule has 23 heavy (non-hydrogen) atoms. The molecule has 2 rings (SSSR count). The van der Waals surface area contributed by atoms with Crippen molar-refractivity contribution in [2.75, 3.05) is 0 Å². The molecule has 0 aliphatic carbocycles. The third-order valence-electron chi connectivity index (χ3n) is 3.62. The lowest BCUT2D eigenvalue weighted by Gasteiger charge is -2.16. The van der Waals surface area contributed by atoms with Gasteiger partial charge >= 0.3 is 0 Å². The first-order valence-corrected chi connectivity index (χ1v) is 8.32. The lowest BCUT2D eigenvalue weighted by Crippen LogP contribution is -2.15. The minimum absolute atomic E-state index is 0.232. The van der Waals surface area contributed by atoms with Gasteiger partial charge in [0.1, 0.15) is 0 Å². The third kappa shape index (κ3) is 7.12. The molecule has 0 aliphatic rings. The van der Waals surface area contributed by atoms with E-state index in [1.807, 2.05) is 12.1 Å². The van der Waals surface area contributed by atoms with Gasteiger partial charge in [-0.3, -0.25) is 0 Å². The molecule has 1 heteroatoms. The quantitative estimate of drug-likeness (QED) is 0.582. The molecule has 2 atom stereocenters. The summed E-state index contributed by atoms with van der Waals surface area (Å²) in [7, 11) is 0. The molecule has 2 unspecified atom stereocenters. The van der Waals surface area contributed by atoms with E-state index < -0.39 is 0 Å². The Morgan fingerprint density at radius 2 is 1.09 bits per heavy atom. The van der Waals surface area contributed by atoms with E-state index in [1.165, 1.54) is 11.1 Å². The molecular weight excluding hydrogens is 280 g/mol. The first kappa shape index (κ1) is 17.2. The maximum absolute atomic E-state index is 6.02. The number of hydrogen-bond acceptors (Lipinski definition) is 1. The van der Waals surface area contributed by atoms with Gasteiger partial charge in [-0.25, -0.2) is 0 Å². The van der Waals surface area contributed by atoms with Crippen molar-refractivity contribution in [2.45, 2.75) is 38.9 Å². The van der Waals surface area contributed by atoms with Crippen LogP contribution in [0.5, 0.6) is 0 Å². The van der Waals surface area contributed by atoms with Gasteiger partial charge in [-0.1, -0.05) is 85.0 Å². The fourth-order valence-corrected chi connectivity index (χ4v) is 2.43. The van der Waals surface area contributed by atoms with Crippen LogP contribution < -0.4 is 0 Å². The number of ether oxygens (including phenoxy) is 1. The van der Waals surface area contributed by atoms with Crippen LogP contribution in [0.4, 0.5) is 0 Å². The number of benzene rings is 2. The summed E-state index contributed by atoms with van der Waals surface area (Å²) in [6.45, 7) is 4.26. The molecular formula is C22H26O. The van der Waals surface area contributed by atoms with Gasteiger partial charge in [0, 0.05) is 0 Å². The molecule has 0 heterocycles. The van der Waals surface area contributed by atoms with Gasteiger partial charge in [0.25, 0.3) is 0 Å². The Kier molecular flexibility index (Phi) is 7.35. The summed E-state index contributed by atoms with van der Waals surface area (Å²) >= 11 is 0. The average molecular weight is 306 g/mol. The Labute approximate surface area is 140 Å². The zero-order valence-corrected chi connectivity index (χ0v) is 14.1. The number of rotatable bonds is 8. The van der Waals surface area contributed by atoms with E-state index in [9.17, 15) is 0 Å². The van der Waals surface area contributed by atoms with E-state index >= 15 is 0 Å². The normalized spacial score (nSPS) is 14.3. The molecule has 0 fully saturated rings. The summed E-state index contributed by atoms with van der Waals surface area (Å²) < 4.78 is 6.02. The van der Waals surface area contributed by atoms with E-state index in [4.69, 9.17) is 4.74 Å². The van der Waals surface area contributed by atoms with Crippen LogP contribution in [0.25, 0.3) is 12.2 Å². The van der Waals surface area contributed by atoms with Crippen LogP contribution in [0, 0.1) is 0 Å². The van der Waals surface area contributed by atoms with Gasteiger partial charge in [0.15, 0.2) is 0 Å². The van der Waals surface area contributed by atoms with Gasteiger partial charge < -0.3 is 4.74 Å². The highest BCUT2D eigenvalue weighted by Gasteiger charge is 2.05. The first-order chi connectivity index (χ1) is 11.2. The summed E-state index contributed by atoms with van der Waals surface area (Å²) in [6.07, 6.45) is 11.0. The summed E-state index contributed by atoms with van der Waals surface area (Å²) in [4.78, 5) is 0. The van der Waals surface area contributed by atoms with Crippen molar-refractivity contribution in [3.63, 3.8) is 0 Å². The molecule has 0 radical (unpaired) electrons. The van der Waals surface area contributed by atoms with E-state index in [0.717, 1.165) is 12.8 Å². The molecule has 0 spiro atoms. The second kappa shape index (κ2) is 9.81. The average Bonchev–Trinajstić information content (AvgIpc) is 2.57. The molecule has 0 amide bonds. The Hall–Kier alpha value is -2.12. The standard InChI is InChI=1S/C22H26O/c1-19(11-9-17-21-13-5-3-6-14-21)23-20(2)12-10-18-22-15-7-4-8-16-22/h3-10,13-20H,11-12H2,1-2H3/b17-9+,18-10+. The van der Waals surface area contributed by atoms with Crippen molar-refractivity contribution in [1.29, 1.82) is 0 Å². The van der Waals surface area contributed by atoms with Gasteiger partial charge in [-0.2, -0.15) is 0 Å². The molecule has 0 N–H and O–H groups in total. The van der Waals surface area contributed by atoms with Crippen molar-refractivity contribution in [3.05, 3.63) is 83.9 Å². The molecule has 0 bridgehead atoms. The first-order valence-electron chi connectivity index (χ1n) is 8.32. The summed E-state index contributed by atoms with van der Waals surface area (Å²) in [6, 6.07) is 20.7. The van der Waals surface area contributed by atoms with Gasteiger partial charge in [0.2, 0.25) is 0 Å². The van der Waals surface area contributed by atoms with E-state index in [-0.39, 0.29) is 12.2 Å². The second-order valence-electron chi connectivity index (χ2n) is 5.85. The minimum atomic E-state index is 0.232. The predicted molar refractivity (Wildman–Crippen MR) is 100 cm³/mol. The van der Waals surface area contributed by atoms with E-state index in [2.05, 4.69) is 86.7 Å². The zero-order valence-electron chi connectivity index (χ0n) is 14.1. The molecule has 0 aromatic heterocycles. The Balaban J connectivity index is 1.69. The van der Waals surface area contributed by atoms with Crippen LogP contribution in [0.2, 0.25) is 0 Å². The Morgan fingerprint density at radius 1 is 0.696 bits per heavy atom. The molecule has 2 aromatic carbocycles. The molecule has 1 nitrogen and oxygen atoms in total. The molecule has 0 aliphatic heterocycles. The zero-order chi connectivity index (χ0) is 16.3. The SMILES string of the molecule is CC(C/C=C/c1ccccc1)OC(C)C/C=C/c1ccccc1. The van der Waals surface area contributed by atoms with Crippen LogP contribution in [0.15, 0.2) is 72.8 Å². The van der Waals surface area contributed by atoms with Crippen molar-refractivity contribution < 1.29 is 4.74 Å². The highest BCUT2D eigenvalue weighted by molar-refractivity contribution is 5.49. The largest absolute Gasteiger partial charge is 0.375 e. The lowest BCUT2D eigenvalue weighted by atomic mass is 10.1. The van der Waals surface area contributed by atoms with E-state index in [0.29, 0.717) is 0 Å². The van der Waals surface area contributed by atoms with Crippen LogP contribution in [0.3, 0.4) is 0 Å². The summed E-state index contributed by atoms with van der Waals surface area (Å²) in [5.41, 5.74) is 2.47. The Bertz CT molecular complexity index is 543. The minimum Gasteiger partial charge on any atom is -0.375 e. The monoisotopic (exact) mass is 306 g/mol. The Morgan fingerprint density at radius 3 is 1.48 bits per heavy atom. The molecule has 0 saturated carbocycles. The molecule has 0 saturated heterocycles. The van der Waals surface area contributed by atoms with Crippen LogP contribution in [-0.4, -0.2) is 12.2 Å². The molecule has 2 aromatic rings. The number of hydrogen-bond donors (Lipinski definition) is 0. The highest BCUT2D eigenvalue weighted by Crippen LogP contribution is 2.10. The van der Waals surface area contributed by atoms with Gasteiger partial charge in [-0.15, -0.1) is 0 Å². The van der Waals surface area contributed by atoms with Crippen molar-refractivity contribution in [3.8, 4) is 0 Å². The fraction of sp³-hybridized carbons (Fsp3) is 0.273. The van der Waals surface area contributed by atoms with Crippen molar-refractivity contribution in [2.24, 2.45) is 0 Å². The van der Waals surface area contributed by atoms with Crippen LogP contribution in [-0.2, 0) is 4.74 Å². The van der Waals surface area contributed by atoms with E-state index in [1.54, 1.807) is 0 Å². The van der Waals surface area contributed by atoms with Crippen molar-refractivity contribution >= 4 is 12.2 Å². The van der Waals surface area contributed by atoms with Crippen LogP contribution >= 0.6 is 0 Å². The van der Waals surface area contributed by atoms with Gasteiger partial charge in [-0.05, 0) is 37.8 Å². The summed E-state index contributed by atoms with van der Waals surface area (Å²) in [5.74, 6) is 0. The lowest BCUT2D eigenvalue weighted by molar-refractivity contribution is 0.0124. The van der Waals surface area contributed by atoms with Crippen LogP contribution in [0.1, 0.15) is 37.8 Å². The molecule has 120 valence electrons. The topological polar surface area (TPSA) is 9.23 Å². The summed E-state index contributed by atoms with van der Waals surface area (Å²) in [5, 5.41) is 0. The third-order valence-corrected chi connectivity index (χ3v) is 3.62. The fourth-order valence-electron chi connectivity index (χ4n) is 2.43.